The van der Waals surface area contributed by atoms with E-state index in [2.05, 4.69) is 52.4 Å². The van der Waals surface area contributed by atoms with Crippen molar-refractivity contribution in [1.82, 2.24) is 9.97 Å². The van der Waals surface area contributed by atoms with E-state index in [-0.39, 0.29) is 0 Å². The molecule has 3 nitrogen and oxygen atoms in total. The van der Waals surface area contributed by atoms with E-state index < -0.39 is 0 Å². The Morgan fingerprint density at radius 2 is 1.67 bits per heavy atom. The largest absolute Gasteiger partial charge is 0.455 e. The summed E-state index contributed by atoms with van der Waals surface area (Å²) in [6, 6.07) is 18.7. The SMILES string of the molecule is Cc1cnc(-c2cccc3c2oc2ccc4ccccc4c23)cn1. The van der Waals surface area contributed by atoms with Crippen LogP contribution < -0.4 is 0 Å². The lowest BCUT2D eigenvalue weighted by atomic mass is 10.0. The van der Waals surface area contributed by atoms with Gasteiger partial charge in [0.05, 0.1) is 17.6 Å². The number of benzene rings is 3. The Bertz CT molecular complexity index is 1200. The first-order chi connectivity index (χ1) is 11.8. The standard InChI is InChI=1S/C21H14N2O/c1-13-11-23-18(12-22-13)16-7-4-8-17-20-15-6-3-2-5-14(15)9-10-19(20)24-21(16)17/h2-12H,1H3. The fraction of sp³-hybridized carbons (Fsp3) is 0.0476. The van der Waals surface area contributed by atoms with E-state index in [1.165, 1.54) is 10.8 Å². The highest BCUT2D eigenvalue weighted by Crippen LogP contribution is 2.38. The molecule has 0 bridgehead atoms. The van der Waals surface area contributed by atoms with Crippen molar-refractivity contribution in [3.63, 3.8) is 0 Å². The summed E-state index contributed by atoms with van der Waals surface area (Å²) in [4.78, 5) is 8.87. The molecule has 2 aromatic heterocycles. The molecule has 3 heteroatoms. The van der Waals surface area contributed by atoms with Crippen LogP contribution in [0.5, 0.6) is 0 Å². The van der Waals surface area contributed by atoms with Gasteiger partial charge in [-0.15, -0.1) is 0 Å². The van der Waals surface area contributed by atoms with Crippen molar-refractivity contribution in [3.8, 4) is 11.3 Å². The fourth-order valence-corrected chi connectivity index (χ4v) is 3.30. The molecule has 0 spiro atoms. The van der Waals surface area contributed by atoms with E-state index in [4.69, 9.17) is 4.42 Å². The van der Waals surface area contributed by atoms with Gasteiger partial charge in [-0.05, 0) is 29.8 Å². The molecule has 5 aromatic rings. The molecule has 2 heterocycles. The second kappa shape index (κ2) is 4.90. The van der Waals surface area contributed by atoms with E-state index in [0.29, 0.717) is 0 Å². The van der Waals surface area contributed by atoms with Crippen molar-refractivity contribution in [2.24, 2.45) is 0 Å². The second-order valence-electron chi connectivity index (χ2n) is 5.99. The first-order valence-corrected chi connectivity index (χ1v) is 7.93. The normalized spacial score (nSPS) is 11.5. The van der Waals surface area contributed by atoms with E-state index in [1.807, 2.05) is 19.1 Å². The topological polar surface area (TPSA) is 38.9 Å². The first kappa shape index (κ1) is 13.3. The van der Waals surface area contributed by atoms with Gasteiger partial charge in [0, 0.05) is 22.5 Å². The molecule has 0 amide bonds. The third-order valence-corrected chi connectivity index (χ3v) is 4.44. The van der Waals surface area contributed by atoms with Gasteiger partial charge < -0.3 is 4.42 Å². The Kier molecular flexibility index (Phi) is 2.71. The predicted molar refractivity (Wildman–Crippen MR) is 97.0 cm³/mol. The Balaban J connectivity index is 1.91. The molecule has 114 valence electrons. The van der Waals surface area contributed by atoms with Crippen LogP contribution in [0.3, 0.4) is 0 Å². The number of hydrogen-bond acceptors (Lipinski definition) is 3. The summed E-state index contributed by atoms with van der Waals surface area (Å²) in [7, 11) is 0. The molecule has 0 unspecified atom stereocenters. The van der Waals surface area contributed by atoms with Gasteiger partial charge in [0.1, 0.15) is 11.2 Å². The Morgan fingerprint density at radius 3 is 2.54 bits per heavy atom. The van der Waals surface area contributed by atoms with Crippen LogP contribution in [0.15, 0.2) is 71.4 Å². The van der Waals surface area contributed by atoms with Crippen molar-refractivity contribution in [1.29, 1.82) is 0 Å². The van der Waals surface area contributed by atoms with Crippen LogP contribution >= 0.6 is 0 Å². The monoisotopic (exact) mass is 310 g/mol. The summed E-state index contributed by atoms with van der Waals surface area (Å²) >= 11 is 0. The second-order valence-corrected chi connectivity index (χ2v) is 5.99. The van der Waals surface area contributed by atoms with Crippen molar-refractivity contribution in [3.05, 3.63) is 72.7 Å². The minimum atomic E-state index is 0.828. The molecular formula is C21H14N2O. The molecule has 0 aliphatic carbocycles. The third kappa shape index (κ3) is 1.85. The summed E-state index contributed by atoms with van der Waals surface area (Å²) in [5.74, 6) is 0. The number of para-hydroxylation sites is 1. The quantitative estimate of drug-likeness (QED) is 0.410. The predicted octanol–water partition coefficient (Wildman–Crippen LogP) is 5.50. The van der Waals surface area contributed by atoms with Crippen LogP contribution in [0.2, 0.25) is 0 Å². The number of aromatic nitrogens is 2. The van der Waals surface area contributed by atoms with Gasteiger partial charge in [0.15, 0.2) is 0 Å². The van der Waals surface area contributed by atoms with Gasteiger partial charge in [-0.2, -0.15) is 0 Å². The van der Waals surface area contributed by atoms with E-state index >= 15 is 0 Å². The van der Waals surface area contributed by atoms with Gasteiger partial charge >= 0.3 is 0 Å². The Labute approximate surface area is 138 Å². The minimum Gasteiger partial charge on any atom is -0.455 e. The van der Waals surface area contributed by atoms with Crippen molar-refractivity contribution < 1.29 is 4.42 Å². The lowest BCUT2D eigenvalue weighted by molar-refractivity contribution is 0.670. The Morgan fingerprint density at radius 1 is 0.792 bits per heavy atom. The molecule has 0 aliphatic rings. The lowest BCUT2D eigenvalue weighted by Crippen LogP contribution is -1.88. The molecule has 0 radical (unpaired) electrons. The number of furan rings is 1. The molecule has 0 saturated heterocycles. The van der Waals surface area contributed by atoms with Crippen LogP contribution in [-0.2, 0) is 0 Å². The third-order valence-electron chi connectivity index (χ3n) is 4.44. The average molecular weight is 310 g/mol. The number of nitrogens with zero attached hydrogens (tertiary/aromatic N) is 2. The number of hydrogen-bond donors (Lipinski definition) is 0. The van der Waals surface area contributed by atoms with Crippen LogP contribution in [0.4, 0.5) is 0 Å². The molecule has 0 saturated carbocycles. The average Bonchev–Trinajstić information content (AvgIpc) is 3.01. The van der Waals surface area contributed by atoms with Gasteiger partial charge in [0.2, 0.25) is 0 Å². The van der Waals surface area contributed by atoms with Crippen molar-refractivity contribution in [2.75, 3.05) is 0 Å². The number of fused-ring (bicyclic) bond motifs is 5. The van der Waals surface area contributed by atoms with Crippen LogP contribution in [-0.4, -0.2) is 9.97 Å². The van der Waals surface area contributed by atoms with Crippen LogP contribution in [0, 0.1) is 6.92 Å². The van der Waals surface area contributed by atoms with Crippen molar-refractivity contribution in [2.45, 2.75) is 6.92 Å². The minimum absolute atomic E-state index is 0.828. The number of aryl methyl sites for hydroxylation is 1. The zero-order valence-corrected chi connectivity index (χ0v) is 13.2. The first-order valence-electron chi connectivity index (χ1n) is 7.93. The molecule has 0 fully saturated rings. The molecule has 0 atom stereocenters. The summed E-state index contributed by atoms with van der Waals surface area (Å²) in [5, 5.41) is 4.70. The molecule has 3 aromatic carbocycles. The molecule has 0 aliphatic heterocycles. The highest BCUT2D eigenvalue weighted by molar-refractivity contribution is 6.20. The molecule has 24 heavy (non-hydrogen) atoms. The fourth-order valence-electron chi connectivity index (χ4n) is 3.30. The smallest absolute Gasteiger partial charge is 0.144 e. The van der Waals surface area contributed by atoms with Crippen LogP contribution in [0.1, 0.15) is 5.69 Å². The highest BCUT2D eigenvalue weighted by atomic mass is 16.3. The van der Waals surface area contributed by atoms with E-state index in [0.717, 1.165) is 38.9 Å². The van der Waals surface area contributed by atoms with Gasteiger partial charge in [-0.1, -0.05) is 42.5 Å². The maximum Gasteiger partial charge on any atom is 0.144 e. The van der Waals surface area contributed by atoms with E-state index in [9.17, 15) is 0 Å². The summed E-state index contributed by atoms with van der Waals surface area (Å²) < 4.78 is 6.21. The summed E-state index contributed by atoms with van der Waals surface area (Å²) in [6.45, 7) is 1.94. The zero-order chi connectivity index (χ0) is 16.1. The van der Waals surface area contributed by atoms with Crippen LogP contribution in [0.25, 0.3) is 44.0 Å². The highest BCUT2D eigenvalue weighted by Gasteiger charge is 2.14. The summed E-state index contributed by atoms with van der Waals surface area (Å²) in [6.07, 6.45) is 3.58. The molecule has 0 N–H and O–H groups in total. The van der Waals surface area contributed by atoms with Gasteiger partial charge in [0.25, 0.3) is 0 Å². The molecule has 5 rings (SSSR count). The van der Waals surface area contributed by atoms with E-state index in [1.54, 1.807) is 12.4 Å². The summed E-state index contributed by atoms with van der Waals surface area (Å²) in [5.41, 5.74) is 4.47. The maximum absolute atomic E-state index is 6.21. The maximum atomic E-state index is 6.21. The van der Waals surface area contributed by atoms with Gasteiger partial charge in [-0.25, -0.2) is 0 Å². The van der Waals surface area contributed by atoms with Crippen molar-refractivity contribution >= 4 is 32.7 Å². The Hall–Kier alpha value is -3.20. The zero-order valence-electron chi connectivity index (χ0n) is 13.2. The lowest BCUT2D eigenvalue weighted by Gasteiger charge is -2.02. The number of rotatable bonds is 1. The van der Waals surface area contributed by atoms with Gasteiger partial charge in [-0.3, -0.25) is 9.97 Å². The molecular weight excluding hydrogens is 296 g/mol.